The van der Waals surface area contributed by atoms with Crippen LogP contribution >= 0.6 is 11.3 Å². The number of fused-ring (bicyclic) bond motifs is 1. The number of morpholine rings is 1. The number of aromatic nitrogens is 1. The van der Waals surface area contributed by atoms with E-state index in [0.717, 1.165) is 39.8 Å². The molecular weight excluding hydrogens is 454 g/mol. The quantitative estimate of drug-likeness (QED) is 0.645. The van der Waals surface area contributed by atoms with Crippen LogP contribution in [0.4, 0.5) is 15.6 Å². The smallest absolute Gasteiger partial charge is 0.325 e. The van der Waals surface area contributed by atoms with Crippen molar-refractivity contribution in [2.75, 3.05) is 43.1 Å². The van der Waals surface area contributed by atoms with Crippen molar-refractivity contribution in [3.05, 3.63) is 18.2 Å². The summed E-state index contributed by atoms with van der Waals surface area (Å²) in [5.41, 5.74) is 0.525. The fraction of sp³-hybridized carbons (Fsp3) is 0.583. The Morgan fingerprint density at radius 1 is 1.26 bits per heavy atom. The van der Waals surface area contributed by atoms with Crippen molar-refractivity contribution in [2.45, 2.75) is 45.6 Å². The Labute approximate surface area is 202 Å². The topological polar surface area (TPSA) is 104 Å². The summed E-state index contributed by atoms with van der Waals surface area (Å²) in [4.78, 5) is 46.7. The van der Waals surface area contributed by atoms with Gasteiger partial charge in [-0.25, -0.2) is 9.78 Å². The maximum Gasteiger partial charge on any atom is 0.325 e. The van der Waals surface area contributed by atoms with Crippen LogP contribution < -0.4 is 15.5 Å². The number of nitrogens with one attached hydrogen (secondary N) is 2. The van der Waals surface area contributed by atoms with Gasteiger partial charge in [0, 0.05) is 18.8 Å². The fourth-order valence-electron chi connectivity index (χ4n) is 5.87. The van der Waals surface area contributed by atoms with Gasteiger partial charge >= 0.3 is 6.03 Å². The molecule has 0 radical (unpaired) electrons. The van der Waals surface area contributed by atoms with E-state index in [-0.39, 0.29) is 17.9 Å². The van der Waals surface area contributed by atoms with Crippen LogP contribution in [0.2, 0.25) is 0 Å². The molecule has 1 aromatic carbocycles. The van der Waals surface area contributed by atoms with Crippen molar-refractivity contribution < 1.29 is 19.1 Å². The van der Waals surface area contributed by atoms with Crippen LogP contribution in [0.5, 0.6) is 0 Å². The molecule has 2 aromatic rings. The van der Waals surface area contributed by atoms with Gasteiger partial charge in [-0.2, -0.15) is 0 Å². The van der Waals surface area contributed by atoms with E-state index in [2.05, 4.69) is 36.3 Å². The van der Waals surface area contributed by atoms with Crippen LogP contribution in [0.25, 0.3) is 10.2 Å². The lowest BCUT2D eigenvalue weighted by Crippen LogP contribution is -2.54. The van der Waals surface area contributed by atoms with E-state index < -0.39 is 17.5 Å². The van der Waals surface area contributed by atoms with Crippen molar-refractivity contribution in [3.8, 4) is 0 Å². The average molecular weight is 486 g/mol. The van der Waals surface area contributed by atoms with Crippen LogP contribution in [-0.4, -0.2) is 66.1 Å². The highest BCUT2D eigenvalue weighted by molar-refractivity contribution is 7.22. The lowest BCUT2D eigenvalue weighted by Gasteiger charge is -2.43. The Bertz CT molecular complexity index is 1140. The predicted octanol–water partition coefficient (Wildman–Crippen LogP) is 3.21. The Morgan fingerprint density at radius 3 is 2.76 bits per heavy atom. The highest BCUT2D eigenvalue weighted by Crippen LogP contribution is 2.46. The second kappa shape index (κ2) is 8.49. The average Bonchev–Trinajstić information content (AvgIpc) is 3.27. The van der Waals surface area contributed by atoms with Gasteiger partial charge in [0.1, 0.15) is 12.1 Å². The number of hydrogen-bond donors (Lipinski definition) is 2. The largest absolute Gasteiger partial charge is 0.378 e. The van der Waals surface area contributed by atoms with Crippen LogP contribution in [0, 0.1) is 11.3 Å². The molecule has 4 amide bonds. The highest BCUT2D eigenvalue weighted by atomic mass is 32.1. The van der Waals surface area contributed by atoms with Crippen LogP contribution in [0.3, 0.4) is 0 Å². The van der Waals surface area contributed by atoms with Crippen LogP contribution in [-0.2, 0) is 14.3 Å². The monoisotopic (exact) mass is 485 g/mol. The van der Waals surface area contributed by atoms with Gasteiger partial charge in [-0.3, -0.25) is 14.5 Å². The van der Waals surface area contributed by atoms with Gasteiger partial charge in [-0.05, 0) is 48.8 Å². The molecule has 1 spiro atoms. The predicted molar refractivity (Wildman–Crippen MR) is 131 cm³/mol. The van der Waals surface area contributed by atoms with Gasteiger partial charge < -0.3 is 20.3 Å². The first kappa shape index (κ1) is 23.0. The highest BCUT2D eigenvalue weighted by Gasteiger charge is 2.56. The van der Waals surface area contributed by atoms with Crippen molar-refractivity contribution in [1.29, 1.82) is 0 Å². The lowest BCUT2D eigenvalue weighted by molar-refractivity contribution is -0.136. The summed E-state index contributed by atoms with van der Waals surface area (Å²) in [7, 11) is 0. The van der Waals surface area contributed by atoms with Crippen molar-refractivity contribution in [2.24, 2.45) is 11.3 Å². The van der Waals surface area contributed by atoms with Gasteiger partial charge in [0.2, 0.25) is 5.91 Å². The summed E-state index contributed by atoms with van der Waals surface area (Å²) in [5, 5.41) is 6.70. The molecule has 1 aliphatic carbocycles. The molecule has 0 bridgehead atoms. The summed E-state index contributed by atoms with van der Waals surface area (Å²) in [6.45, 7) is 9.06. The number of anilines is 2. The number of nitrogens with zero attached hydrogens (tertiary/aromatic N) is 3. The molecule has 3 heterocycles. The number of carbonyl (C=O) groups is 3. The van der Waals surface area contributed by atoms with E-state index in [4.69, 9.17) is 9.72 Å². The number of carbonyl (C=O) groups excluding carboxylic acids is 3. The van der Waals surface area contributed by atoms with Crippen molar-refractivity contribution in [1.82, 2.24) is 15.2 Å². The summed E-state index contributed by atoms with van der Waals surface area (Å²) >= 11 is 1.57. The van der Waals surface area contributed by atoms with Crippen LogP contribution in [0.1, 0.15) is 40.0 Å². The van der Waals surface area contributed by atoms with E-state index in [1.807, 2.05) is 12.1 Å². The fourth-order valence-corrected chi connectivity index (χ4v) is 6.93. The molecule has 2 atom stereocenters. The zero-order valence-electron chi connectivity index (χ0n) is 19.8. The third-order valence-electron chi connectivity index (χ3n) is 6.87. The molecule has 9 nitrogen and oxygen atoms in total. The van der Waals surface area contributed by atoms with Crippen molar-refractivity contribution in [3.63, 3.8) is 0 Å². The van der Waals surface area contributed by atoms with Crippen molar-refractivity contribution >= 4 is 50.2 Å². The maximum atomic E-state index is 13.3. The number of hydrogen-bond acceptors (Lipinski definition) is 7. The first-order chi connectivity index (χ1) is 16.1. The Hall–Kier alpha value is -2.72. The third-order valence-corrected chi connectivity index (χ3v) is 7.95. The first-order valence-electron chi connectivity index (χ1n) is 11.8. The molecule has 2 N–H and O–H groups in total. The molecule has 1 aromatic heterocycles. The van der Waals surface area contributed by atoms with E-state index in [9.17, 15) is 14.4 Å². The maximum absolute atomic E-state index is 13.3. The van der Waals surface area contributed by atoms with Gasteiger partial charge in [-0.15, -0.1) is 0 Å². The first-order valence-corrected chi connectivity index (χ1v) is 12.6. The molecule has 1 saturated carbocycles. The van der Waals surface area contributed by atoms with Crippen LogP contribution in [0.15, 0.2) is 18.2 Å². The number of amides is 4. The van der Waals surface area contributed by atoms with E-state index in [0.29, 0.717) is 37.7 Å². The molecule has 3 aliphatic rings. The SMILES string of the molecule is CC1CC(C)(C)CC2(C1)NC(=O)N(CC(=O)Nc1ccc3nc(N4CCOCC4)sc3c1)C2=O. The second-order valence-corrected chi connectivity index (χ2v) is 11.6. The number of rotatable bonds is 4. The summed E-state index contributed by atoms with van der Waals surface area (Å²) in [6.07, 6.45) is 2.19. The van der Waals surface area contributed by atoms with Gasteiger partial charge in [0.15, 0.2) is 5.13 Å². The normalized spacial score (nSPS) is 26.9. The van der Waals surface area contributed by atoms with E-state index in [1.165, 1.54) is 0 Å². The second-order valence-electron chi connectivity index (χ2n) is 10.6. The minimum atomic E-state index is -0.907. The zero-order valence-corrected chi connectivity index (χ0v) is 20.7. The Balaban J connectivity index is 1.26. The van der Waals surface area contributed by atoms with Gasteiger partial charge in [0.25, 0.3) is 5.91 Å². The molecule has 2 saturated heterocycles. The molecule has 10 heteroatoms. The lowest BCUT2D eigenvalue weighted by atomic mass is 9.64. The zero-order chi connectivity index (χ0) is 24.1. The number of thiazole rings is 1. The molecule has 5 rings (SSSR count). The van der Waals surface area contributed by atoms with Gasteiger partial charge in [0.05, 0.1) is 23.4 Å². The number of urea groups is 1. The molecular formula is C24H31N5O4S. The van der Waals surface area contributed by atoms with E-state index in [1.54, 1.807) is 17.4 Å². The molecule has 182 valence electrons. The molecule has 3 fully saturated rings. The molecule has 34 heavy (non-hydrogen) atoms. The minimum absolute atomic E-state index is 0.0525. The third kappa shape index (κ3) is 4.36. The number of imide groups is 1. The Morgan fingerprint density at radius 2 is 2.03 bits per heavy atom. The summed E-state index contributed by atoms with van der Waals surface area (Å²) in [6, 6.07) is 5.06. The molecule has 2 unspecified atom stereocenters. The van der Waals surface area contributed by atoms with Gasteiger partial charge in [-0.1, -0.05) is 32.1 Å². The van der Waals surface area contributed by atoms with E-state index >= 15 is 0 Å². The Kier molecular flexibility index (Phi) is 5.76. The minimum Gasteiger partial charge on any atom is -0.378 e. The number of ether oxygens (including phenoxy) is 1. The summed E-state index contributed by atoms with van der Waals surface area (Å²) < 4.78 is 6.38. The number of benzene rings is 1. The summed E-state index contributed by atoms with van der Waals surface area (Å²) in [5.74, 6) is -0.378. The standard InChI is InChI=1S/C24H31N5O4S/c1-15-11-23(2,3)14-24(12-15)20(31)29(21(32)27-24)13-19(30)25-16-4-5-17-18(10-16)34-22(26-17)28-6-8-33-9-7-28/h4-5,10,15H,6-9,11-14H2,1-3H3,(H,25,30)(H,27,32). The molecule has 2 aliphatic heterocycles.